The summed E-state index contributed by atoms with van der Waals surface area (Å²) in [6.45, 7) is 2.46. The number of fused-ring (bicyclic) bond motifs is 1. The van der Waals surface area contributed by atoms with Gasteiger partial charge in [-0.15, -0.1) is 0 Å². The van der Waals surface area contributed by atoms with E-state index in [0.29, 0.717) is 18.8 Å². The van der Waals surface area contributed by atoms with Gasteiger partial charge in [-0.1, -0.05) is 43.0 Å². The molecule has 2 fully saturated rings. The van der Waals surface area contributed by atoms with Gasteiger partial charge in [0.25, 0.3) is 0 Å². The minimum atomic E-state index is -4.49. The molecule has 1 aliphatic heterocycles. The maximum absolute atomic E-state index is 12.8. The van der Waals surface area contributed by atoms with Gasteiger partial charge in [0.2, 0.25) is 5.91 Å². The molecule has 1 heterocycles. The fraction of sp³-hybridized carbons (Fsp3) is 0.400. The van der Waals surface area contributed by atoms with E-state index < -0.39 is 18.3 Å². The van der Waals surface area contributed by atoms with E-state index in [1.54, 1.807) is 17.0 Å². The number of benzene rings is 3. The zero-order valence-corrected chi connectivity index (χ0v) is 22.8. The van der Waals surface area contributed by atoms with Crippen molar-refractivity contribution >= 4 is 39.7 Å². The van der Waals surface area contributed by atoms with Crippen molar-refractivity contribution in [3.05, 3.63) is 70.7 Å². The average molecular weight is 573 g/mol. The van der Waals surface area contributed by atoms with Gasteiger partial charge in [-0.2, -0.15) is 18.4 Å². The van der Waals surface area contributed by atoms with Crippen LogP contribution in [0.15, 0.2) is 54.6 Å². The van der Waals surface area contributed by atoms with Crippen LogP contribution in [0, 0.1) is 11.3 Å². The number of aliphatic hydroxyl groups is 1. The molecule has 1 saturated carbocycles. The van der Waals surface area contributed by atoms with Crippen molar-refractivity contribution in [2.75, 3.05) is 43.0 Å². The molecule has 1 aliphatic carbocycles. The van der Waals surface area contributed by atoms with Gasteiger partial charge in [-0.05, 0) is 66.1 Å². The molecule has 2 N–H and O–H groups in total. The second kappa shape index (κ2) is 13.2. The molecular formula is C30H32ClF3N4O2. The Kier molecular flexibility index (Phi) is 9.77. The molecule has 2 aliphatic rings. The number of hydrogen-bond acceptors (Lipinski definition) is 5. The molecule has 3 aromatic carbocycles. The third-order valence-corrected chi connectivity index (χ3v) is 7.58. The molecule has 0 radical (unpaired) electrons. The van der Waals surface area contributed by atoms with Gasteiger partial charge in [-0.25, -0.2) is 0 Å². The second-order valence-electron chi connectivity index (χ2n) is 10.1. The first-order valence-electron chi connectivity index (χ1n) is 13.4. The quantitative estimate of drug-likeness (QED) is 0.375. The Morgan fingerprint density at radius 3 is 2.30 bits per heavy atom. The Morgan fingerprint density at radius 1 is 0.975 bits per heavy atom. The molecule has 0 unspecified atom stereocenters. The summed E-state index contributed by atoms with van der Waals surface area (Å²) in [4.78, 5) is 15.4. The molecule has 0 spiro atoms. The number of rotatable bonds is 4. The summed E-state index contributed by atoms with van der Waals surface area (Å²) in [7, 11) is 0. The fourth-order valence-corrected chi connectivity index (χ4v) is 5.34. The van der Waals surface area contributed by atoms with Crippen molar-refractivity contribution in [3.63, 3.8) is 0 Å². The number of anilines is 2. The Hall–Kier alpha value is -3.48. The predicted octanol–water partition coefficient (Wildman–Crippen LogP) is 6.46. The van der Waals surface area contributed by atoms with Crippen LogP contribution >= 0.6 is 11.6 Å². The van der Waals surface area contributed by atoms with Crippen LogP contribution < -0.4 is 10.2 Å². The molecular weight excluding hydrogens is 541 g/mol. The summed E-state index contributed by atoms with van der Waals surface area (Å²) in [5.41, 5.74) is 0.400. The van der Waals surface area contributed by atoms with Crippen molar-refractivity contribution in [2.45, 2.75) is 44.3 Å². The van der Waals surface area contributed by atoms with Gasteiger partial charge < -0.3 is 20.2 Å². The molecule has 5 rings (SSSR count). The van der Waals surface area contributed by atoms with E-state index in [0.717, 1.165) is 66.3 Å². The van der Waals surface area contributed by atoms with Gasteiger partial charge in [-0.3, -0.25) is 4.79 Å². The maximum Gasteiger partial charge on any atom is 0.417 e. The van der Waals surface area contributed by atoms with Crippen LogP contribution in [-0.4, -0.2) is 54.7 Å². The molecule has 0 bridgehead atoms. The standard InChI is InChI=1S/C16H17ClN2O2.C14H15F3N2/c17-14-3-1-13-10-15(4-2-12(13)9-14)18-5-7-19(8-6-18)16(21)11-20;15-14(16,17)13-8-12(7-6-10(13)9-18)19-11-4-2-1-3-5-11/h1-4,9-10,20H,5-8,11H2;6-8,11,19H,1-5H2. The lowest BCUT2D eigenvalue weighted by Crippen LogP contribution is -2.49. The van der Waals surface area contributed by atoms with Crippen molar-refractivity contribution in [1.82, 2.24) is 4.90 Å². The SMILES string of the molecule is N#Cc1ccc(NC2CCCCC2)cc1C(F)(F)F.O=C(CO)N1CCN(c2ccc3cc(Cl)ccc3c2)CC1. The van der Waals surface area contributed by atoms with Crippen molar-refractivity contribution in [1.29, 1.82) is 5.26 Å². The first-order chi connectivity index (χ1) is 19.2. The highest BCUT2D eigenvalue weighted by Crippen LogP contribution is 2.34. The highest BCUT2D eigenvalue weighted by atomic mass is 35.5. The topological polar surface area (TPSA) is 79.6 Å². The minimum absolute atomic E-state index is 0.192. The van der Waals surface area contributed by atoms with E-state index in [1.165, 1.54) is 12.5 Å². The first-order valence-corrected chi connectivity index (χ1v) is 13.8. The lowest BCUT2D eigenvalue weighted by molar-refractivity contribution is -0.137. The summed E-state index contributed by atoms with van der Waals surface area (Å²) >= 11 is 6.00. The first kappa shape index (κ1) is 29.5. The van der Waals surface area contributed by atoms with E-state index in [4.69, 9.17) is 22.0 Å². The Morgan fingerprint density at radius 2 is 1.65 bits per heavy atom. The summed E-state index contributed by atoms with van der Waals surface area (Å²) in [5.74, 6) is -0.192. The Bertz CT molecular complexity index is 1360. The van der Waals surface area contributed by atoms with E-state index in [2.05, 4.69) is 28.4 Å². The van der Waals surface area contributed by atoms with Gasteiger partial charge in [0.1, 0.15) is 6.61 Å². The highest BCUT2D eigenvalue weighted by molar-refractivity contribution is 6.31. The molecule has 1 saturated heterocycles. The third kappa shape index (κ3) is 7.58. The van der Waals surface area contributed by atoms with Crippen LogP contribution in [0.3, 0.4) is 0 Å². The highest BCUT2D eigenvalue weighted by Gasteiger charge is 2.34. The summed E-state index contributed by atoms with van der Waals surface area (Å²) < 4.78 is 38.4. The van der Waals surface area contributed by atoms with Gasteiger partial charge in [0.15, 0.2) is 0 Å². The number of halogens is 4. The van der Waals surface area contributed by atoms with Crippen LogP contribution in [0.1, 0.15) is 43.2 Å². The smallest absolute Gasteiger partial charge is 0.387 e. The lowest BCUT2D eigenvalue weighted by Gasteiger charge is -2.36. The van der Waals surface area contributed by atoms with Crippen LogP contribution in [0.5, 0.6) is 0 Å². The predicted molar refractivity (Wildman–Crippen MR) is 151 cm³/mol. The van der Waals surface area contributed by atoms with E-state index in [1.807, 2.05) is 18.2 Å². The molecule has 0 aromatic heterocycles. The van der Waals surface area contributed by atoms with Gasteiger partial charge in [0, 0.05) is 48.6 Å². The van der Waals surface area contributed by atoms with E-state index >= 15 is 0 Å². The molecule has 3 aromatic rings. The minimum Gasteiger partial charge on any atom is -0.387 e. The summed E-state index contributed by atoms with van der Waals surface area (Å²) in [5, 5.41) is 23.8. The summed E-state index contributed by atoms with van der Waals surface area (Å²) in [6.07, 6.45) is 0.900. The van der Waals surface area contributed by atoms with Crippen LogP contribution in [0.4, 0.5) is 24.5 Å². The van der Waals surface area contributed by atoms with Crippen molar-refractivity contribution in [2.24, 2.45) is 0 Å². The molecule has 1 amide bonds. The molecule has 0 atom stereocenters. The monoisotopic (exact) mass is 572 g/mol. The number of piperazine rings is 1. The fourth-order valence-electron chi connectivity index (χ4n) is 5.16. The largest absolute Gasteiger partial charge is 0.417 e. The van der Waals surface area contributed by atoms with Crippen LogP contribution in [0.25, 0.3) is 10.8 Å². The third-order valence-electron chi connectivity index (χ3n) is 7.34. The second-order valence-corrected chi connectivity index (χ2v) is 10.5. The number of nitrogens with one attached hydrogen (secondary N) is 1. The number of nitrogens with zero attached hydrogens (tertiary/aromatic N) is 3. The number of amides is 1. The van der Waals surface area contributed by atoms with Crippen LogP contribution in [-0.2, 0) is 11.0 Å². The Labute approximate surface area is 236 Å². The number of nitriles is 1. The molecule has 212 valence electrons. The molecule has 6 nitrogen and oxygen atoms in total. The van der Waals surface area contributed by atoms with E-state index in [-0.39, 0.29) is 17.5 Å². The van der Waals surface area contributed by atoms with Crippen LogP contribution in [0.2, 0.25) is 5.02 Å². The normalized spacial score (nSPS) is 16.2. The zero-order chi connectivity index (χ0) is 28.7. The number of carbonyl (C=O) groups is 1. The number of alkyl halides is 3. The molecule has 40 heavy (non-hydrogen) atoms. The summed E-state index contributed by atoms with van der Waals surface area (Å²) in [6, 6.07) is 17.8. The van der Waals surface area contributed by atoms with Gasteiger partial charge in [0.05, 0.1) is 17.2 Å². The molecule has 10 heteroatoms. The lowest BCUT2D eigenvalue weighted by atomic mass is 9.95. The number of aliphatic hydroxyl groups excluding tert-OH is 1. The van der Waals surface area contributed by atoms with Crippen molar-refractivity contribution in [3.8, 4) is 6.07 Å². The van der Waals surface area contributed by atoms with Crippen molar-refractivity contribution < 1.29 is 23.1 Å². The zero-order valence-electron chi connectivity index (χ0n) is 22.1. The maximum atomic E-state index is 12.8. The number of carbonyl (C=O) groups excluding carboxylic acids is 1. The average Bonchev–Trinajstić information content (AvgIpc) is 2.97. The van der Waals surface area contributed by atoms with E-state index in [9.17, 15) is 18.0 Å². The van der Waals surface area contributed by atoms with Gasteiger partial charge >= 0.3 is 6.18 Å². The number of hydrogen-bond donors (Lipinski definition) is 2. The Balaban J connectivity index is 0.000000186.